The number of nitrogens with zero attached hydrogens (tertiary/aromatic N) is 1. The van der Waals surface area contributed by atoms with Gasteiger partial charge < -0.3 is 9.47 Å². The van der Waals surface area contributed by atoms with Gasteiger partial charge in [0, 0.05) is 12.1 Å². The zero-order valence-electron chi connectivity index (χ0n) is 13.6. The van der Waals surface area contributed by atoms with Gasteiger partial charge in [0.15, 0.2) is 0 Å². The van der Waals surface area contributed by atoms with Crippen LogP contribution in [0.5, 0.6) is 23.3 Å². The van der Waals surface area contributed by atoms with Crippen LogP contribution >= 0.6 is 0 Å². The Labute approximate surface area is 152 Å². The first-order valence-corrected chi connectivity index (χ1v) is 9.03. The van der Waals surface area contributed by atoms with Crippen LogP contribution in [-0.4, -0.2) is 18.9 Å². The first kappa shape index (κ1) is 18.7. The molecule has 0 unspecified atom stereocenters. The Balaban J connectivity index is 1.75. The largest absolute Gasteiger partial charge is 0.501 e. The summed E-state index contributed by atoms with van der Waals surface area (Å²) in [5.74, 6) is 1.09. The molecule has 1 heterocycles. The van der Waals surface area contributed by atoms with Crippen molar-refractivity contribution in [2.75, 3.05) is 0 Å². The van der Waals surface area contributed by atoms with Gasteiger partial charge in [0.05, 0.1) is 4.90 Å². The fourth-order valence-corrected chi connectivity index (χ4v) is 2.82. The average Bonchev–Trinajstić information content (AvgIpc) is 2.62. The van der Waals surface area contributed by atoms with E-state index in [-0.39, 0.29) is 17.5 Å². The van der Waals surface area contributed by atoms with E-state index in [0.717, 1.165) is 24.3 Å². The van der Waals surface area contributed by atoms with Crippen molar-refractivity contribution in [1.82, 2.24) is 4.98 Å². The number of ether oxygens (including phenoxy) is 2. The topological polar surface area (TPSA) is 65.5 Å². The number of aromatic nitrogens is 1. The molecular formula is C18H12F3NO4S. The smallest absolute Gasteiger partial charge is 0.439 e. The predicted octanol–water partition coefficient (Wildman–Crippen LogP) is 4.96. The highest BCUT2D eigenvalue weighted by Crippen LogP contribution is 2.32. The molecule has 2 aromatic carbocycles. The molecule has 0 fully saturated rings. The summed E-state index contributed by atoms with van der Waals surface area (Å²) in [5, 5.41) is 0. The Morgan fingerprint density at radius 1 is 0.704 bits per heavy atom. The molecule has 0 saturated heterocycles. The first-order valence-electron chi connectivity index (χ1n) is 7.55. The SMILES string of the molecule is O=S(=O)(c1ccc(Oc2cccc(Oc3ccccc3)n2)cc1)C(F)(F)F. The van der Waals surface area contributed by atoms with Crippen LogP contribution in [0.4, 0.5) is 13.2 Å². The molecule has 0 saturated carbocycles. The molecule has 27 heavy (non-hydrogen) atoms. The van der Waals surface area contributed by atoms with Crippen LogP contribution in [-0.2, 0) is 9.84 Å². The maximum absolute atomic E-state index is 12.5. The average molecular weight is 395 g/mol. The maximum atomic E-state index is 12.5. The van der Waals surface area contributed by atoms with Gasteiger partial charge in [-0.15, -0.1) is 0 Å². The van der Waals surface area contributed by atoms with Crippen LogP contribution in [0.1, 0.15) is 0 Å². The van der Waals surface area contributed by atoms with Gasteiger partial charge in [0.1, 0.15) is 11.5 Å². The molecule has 0 spiro atoms. The number of rotatable bonds is 5. The minimum absolute atomic E-state index is 0.125. The van der Waals surface area contributed by atoms with E-state index in [1.54, 1.807) is 36.4 Å². The van der Waals surface area contributed by atoms with Gasteiger partial charge in [-0.25, -0.2) is 8.42 Å². The summed E-state index contributed by atoms with van der Waals surface area (Å²) in [6.45, 7) is 0. The van der Waals surface area contributed by atoms with E-state index in [4.69, 9.17) is 9.47 Å². The molecule has 1 aromatic heterocycles. The highest BCUT2D eigenvalue weighted by atomic mass is 32.2. The van der Waals surface area contributed by atoms with E-state index in [0.29, 0.717) is 5.75 Å². The Morgan fingerprint density at radius 2 is 1.22 bits per heavy atom. The van der Waals surface area contributed by atoms with Crippen LogP contribution in [0.25, 0.3) is 0 Å². The molecule has 140 valence electrons. The molecule has 0 aliphatic heterocycles. The highest BCUT2D eigenvalue weighted by molar-refractivity contribution is 7.92. The number of sulfone groups is 1. The van der Waals surface area contributed by atoms with Crippen molar-refractivity contribution < 1.29 is 31.1 Å². The van der Waals surface area contributed by atoms with Gasteiger partial charge in [-0.3, -0.25) is 0 Å². The van der Waals surface area contributed by atoms with E-state index in [2.05, 4.69) is 4.98 Å². The molecule has 3 aromatic rings. The number of hydrogen-bond donors (Lipinski definition) is 0. The predicted molar refractivity (Wildman–Crippen MR) is 90.5 cm³/mol. The monoisotopic (exact) mass is 395 g/mol. The minimum Gasteiger partial charge on any atom is -0.439 e. The Bertz CT molecular complexity index is 1020. The summed E-state index contributed by atoms with van der Waals surface area (Å²) >= 11 is 0. The number of benzene rings is 2. The zero-order chi connectivity index (χ0) is 19.5. The lowest BCUT2D eigenvalue weighted by molar-refractivity contribution is -0.0436. The summed E-state index contributed by atoms with van der Waals surface area (Å²) in [6.07, 6.45) is 0. The molecule has 0 bridgehead atoms. The lowest BCUT2D eigenvalue weighted by atomic mass is 10.3. The summed E-state index contributed by atoms with van der Waals surface area (Å²) < 4.78 is 71.3. The summed E-state index contributed by atoms with van der Waals surface area (Å²) in [6, 6.07) is 17.6. The first-order chi connectivity index (χ1) is 12.8. The Morgan fingerprint density at radius 3 is 1.74 bits per heavy atom. The third-order valence-corrected chi connectivity index (χ3v) is 4.83. The van der Waals surface area contributed by atoms with Crippen LogP contribution in [0.2, 0.25) is 0 Å². The quantitative estimate of drug-likeness (QED) is 0.611. The van der Waals surface area contributed by atoms with Crippen molar-refractivity contribution in [1.29, 1.82) is 0 Å². The number of halogens is 3. The molecule has 5 nitrogen and oxygen atoms in total. The molecule has 3 rings (SSSR count). The molecule has 0 atom stereocenters. The van der Waals surface area contributed by atoms with Crippen molar-refractivity contribution in [3.8, 4) is 23.3 Å². The third-order valence-electron chi connectivity index (χ3n) is 3.32. The lowest BCUT2D eigenvalue weighted by Gasteiger charge is -2.10. The summed E-state index contributed by atoms with van der Waals surface area (Å²) in [5.41, 5.74) is -5.36. The molecule has 0 N–H and O–H groups in total. The van der Waals surface area contributed by atoms with Gasteiger partial charge in [0.25, 0.3) is 9.84 Å². The van der Waals surface area contributed by atoms with Crippen molar-refractivity contribution in [2.45, 2.75) is 10.4 Å². The minimum atomic E-state index is -5.40. The molecule has 0 aliphatic rings. The van der Waals surface area contributed by atoms with E-state index >= 15 is 0 Å². The highest BCUT2D eigenvalue weighted by Gasteiger charge is 2.46. The second kappa shape index (κ2) is 7.28. The Hall–Kier alpha value is -3.07. The van der Waals surface area contributed by atoms with Crippen molar-refractivity contribution in [2.24, 2.45) is 0 Å². The third kappa shape index (κ3) is 4.37. The maximum Gasteiger partial charge on any atom is 0.501 e. The molecular weight excluding hydrogens is 383 g/mol. The number of alkyl halides is 3. The van der Waals surface area contributed by atoms with E-state index in [1.807, 2.05) is 6.07 Å². The normalized spacial score (nSPS) is 11.8. The number of hydrogen-bond acceptors (Lipinski definition) is 5. The fourth-order valence-electron chi connectivity index (χ4n) is 2.06. The zero-order valence-corrected chi connectivity index (χ0v) is 14.4. The van der Waals surface area contributed by atoms with Crippen LogP contribution in [0.3, 0.4) is 0 Å². The molecule has 0 amide bonds. The van der Waals surface area contributed by atoms with Crippen molar-refractivity contribution in [3.05, 3.63) is 72.8 Å². The van der Waals surface area contributed by atoms with Gasteiger partial charge in [-0.1, -0.05) is 24.3 Å². The van der Waals surface area contributed by atoms with Crippen LogP contribution in [0, 0.1) is 0 Å². The summed E-state index contributed by atoms with van der Waals surface area (Å²) in [4.78, 5) is 3.27. The van der Waals surface area contributed by atoms with Crippen molar-refractivity contribution >= 4 is 9.84 Å². The Kier molecular flexibility index (Phi) is 5.04. The van der Waals surface area contributed by atoms with E-state index < -0.39 is 20.2 Å². The molecule has 9 heteroatoms. The number of pyridine rings is 1. The lowest BCUT2D eigenvalue weighted by Crippen LogP contribution is -2.23. The second-order valence-electron chi connectivity index (χ2n) is 5.25. The van der Waals surface area contributed by atoms with E-state index in [1.165, 1.54) is 6.07 Å². The van der Waals surface area contributed by atoms with Gasteiger partial charge >= 0.3 is 5.51 Å². The van der Waals surface area contributed by atoms with Crippen molar-refractivity contribution in [3.63, 3.8) is 0 Å². The fraction of sp³-hybridized carbons (Fsp3) is 0.0556. The molecule has 0 radical (unpaired) electrons. The second-order valence-corrected chi connectivity index (χ2v) is 7.19. The standard InChI is InChI=1S/C18H12F3NO4S/c19-18(20,21)27(23,24)15-11-9-14(10-12-15)26-17-8-4-7-16(22-17)25-13-5-2-1-3-6-13/h1-12H. The van der Waals surface area contributed by atoms with Gasteiger partial charge in [-0.05, 0) is 36.4 Å². The van der Waals surface area contributed by atoms with Crippen LogP contribution in [0.15, 0.2) is 77.7 Å². The van der Waals surface area contributed by atoms with E-state index in [9.17, 15) is 21.6 Å². The molecule has 0 aliphatic carbocycles. The number of para-hydroxylation sites is 1. The van der Waals surface area contributed by atoms with Gasteiger partial charge in [-0.2, -0.15) is 18.2 Å². The van der Waals surface area contributed by atoms with Gasteiger partial charge in [0.2, 0.25) is 11.8 Å². The van der Waals surface area contributed by atoms with Crippen LogP contribution < -0.4 is 9.47 Å². The summed E-state index contributed by atoms with van der Waals surface area (Å²) in [7, 11) is -5.40.